The zero-order valence-corrected chi connectivity index (χ0v) is 9.83. The fourth-order valence-corrected chi connectivity index (χ4v) is 1.13. The van der Waals surface area contributed by atoms with Crippen LogP contribution in [0.2, 0.25) is 0 Å². The minimum absolute atomic E-state index is 0.0240. The SMILES string of the molecule is CC(C)=CC(NC(=O)CNC=O)C(C)C. The summed E-state index contributed by atoms with van der Waals surface area (Å²) in [5.41, 5.74) is 1.16. The molecule has 1 unspecified atom stereocenters. The normalized spacial score (nSPS) is 11.8. The summed E-state index contributed by atoms with van der Waals surface area (Å²) in [7, 11) is 0. The van der Waals surface area contributed by atoms with Crippen molar-refractivity contribution in [2.24, 2.45) is 5.92 Å². The average Bonchev–Trinajstić information content (AvgIpc) is 2.12. The van der Waals surface area contributed by atoms with E-state index in [2.05, 4.69) is 10.6 Å². The molecule has 0 aliphatic heterocycles. The summed E-state index contributed by atoms with van der Waals surface area (Å²) in [6.07, 6.45) is 2.54. The highest BCUT2D eigenvalue weighted by molar-refractivity contribution is 5.80. The third-order valence-electron chi connectivity index (χ3n) is 1.90. The van der Waals surface area contributed by atoms with Gasteiger partial charge in [0.05, 0.1) is 6.54 Å². The summed E-state index contributed by atoms with van der Waals surface area (Å²) < 4.78 is 0. The molecule has 0 aliphatic rings. The summed E-state index contributed by atoms with van der Waals surface area (Å²) >= 11 is 0. The quantitative estimate of drug-likeness (QED) is 0.506. The number of amides is 2. The first-order chi connectivity index (χ1) is 6.97. The molecule has 0 aromatic carbocycles. The molecule has 2 N–H and O–H groups in total. The molecule has 0 aromatic rings. The van der Waals surface area contributed by atoms with E-state index < -0.39 is 0 Å². The molecule has 0 saturated heterocycles. The van der Waals surface area contributed by atoms with Crippen LogP contribution >= 0.6 is 0 Å². The molecule has 4 nitrogen and oxygen atoms in total. The molecule has 0 aliphatic carbocycles. The van der Waals surface area contributed by atoms with E-state index in [0.29, 0.717) is 12.3 Å². The molecule has 86 valence electrons. The predicted octanol–water partition coefficient (Wildman–Crippen LogP) is 0.839. The Morgan fingerprint density at radius 3 is 2.33 bits per heavy atom. The first-order valence-corrected chi connectivity index (χ1v) is 5.08. The largest absolute Gasteiger partial charge is 0.350 e. The number of carbonyl (C=O) groups excluding carboxylic acids is 2. The molecule has 0 rings (SSSR count). The van der Waals surface area contributed by atoms with E-state index in [1.54, 1.807) is 0 Å². The van der Waals surface area contributed by atoms with Crippen molar-refractivity contribution in [2.75, 3.05) is 6.54 Å². The zero-order chi connectivity index (χ0) is 11.8. The molecule has 0 heterocycles. The van der Waals surface area contributed by atoms with E-state index in [-0.39, 0.29) is 18.5 Å². The molecular formula is C11H20N2O2. The van der Waals surface area contributed by atoms with E-state index in [9.17, 15) is 9.59 Å². The highest BCUT2D eigenvalue weighted by atomic mass is 16.2. The highest BCUT2D eigenvalue weighted by Gasteiger charge is 2.12. The lowest BCUT2D eigenvalue weighted by Gasteiger charge is -2.19. The number of allylic oxidation sites excluding steroid dienone is 1. The maximum Gasteiger partial charge on any atom is 0.239 e. The monoisotopic (exact) mass is 212 g/mol. The van der Waals surface area contributed by atoms with Crippen LogP contribution in [-0.4, -0.2) is 24.9 Å². The maximum absolute atomic E-state index is 11.3. The van der Waals surface area contributed by atoms with Gasteiger partial charge in [0.15, 0.2) is 0 Å². The Balaban J connectivity index is 4.23. The summed E-state index contributed by atoms with van der Waals surface area (Å²) in [4.78, 5) is 21.3. The molecule has 4 heteroatoms. The third-order valence-corrected chi connectivity index (χ3v) is 1.90. The van der Waals surface area contributed by atoms with Crippen molar-refractivity contribution in [3.8, 4) is 0 Å². The minimum Gasteiger partial charge on any atom is -0.350 e. The Hall–Kier alpha value is -1.32. The zero-order valence-electron chi connectivity index (χ0n) is 9.83. The number of nitrogens with one attached hydrogen (secondary N) is 2. The predicted molar refractivity (Wildman–Crippen MR) is 60.3 cm³/mol. The second kappa shape index (κ2) is 7.04. The van der Waals surface area contributed by atoms with Gasteiger partial charge in [-0.15, -0.1) is 0 Å². The topological polar surface area (TPSA) is 58.2 Å². The Morgan fingerprint density at radius 1 is 1.33 bits per heavy atom. The van der Waals surface area contributed by atoms with Crippen LogP contribution in [0.5, 0.6) is 0 Å². The second-order valence-corrected chi connectivity index (χ2v) is 4.08. The summed E-state index contributed by atoms with van der Waals surface area (Å²) in [6, 6.07) is 0.0240. The van der Waals surface area contributed by atoms with Gasteiger partial charge >= 0.3 is 0 Å². The van der Waals surface area contributed by atoms with Gasteiger partial charge in [-0.1, -0.05) is 25.5 Å². The lowest BCUT2D eigenvalue weighted by Crippen LogP contribution is -2.41. The molecule has 2 amide bonds. The average molecular weight is 212 g/mol. The van der Waals surface area contributed by atoms with Crippen LogP contribution < -0.4 is 10.6 Å². The van der Waals surface area contributed by atoms with Crippen LogP contribution in [0.15, 0.2) is 11.6 Å². The number of hydrogen-bond donors (Lipinski definition) is 2. The molecule has 0 bridgehead atoms. The molecule has 0 saturated carbocycles. The van der Waals surface area contributed by atoms with Crippen molar-refractivity contribution in [3.63, 3.8) is 0 Å². The second-order valence-electron chi connectivity index (χ2n) is 4.08. The van der Waals surface area contributed by atoms with Crippen molar-refractivity contribution in [1.82, 2.24) is 10.6 Å². The van der Waals surface area contributed by atoms with Gasteiger partial charge in [-0.25, -0.2) is 0 Å². The van der Waals surface area contributed by atoms with Crippen molar-refractivity contribution < 1.29 is 9.59 Å². The van der Waals surface area contributed by atoms with Crippen LogP contribution in [0, 0.1) is 5.92 Å². The van der Waals surface area contributed by atoms with Crippen LogP contribution in [0.3, 0.4) is 0 Å². The van der Waals surface area contributed by atoms with Crippen molar-refractivity contribution >= 4 is 12.3 Å². The Bertz CT molecular complexity index is 243. The first kappa shape index (κ1) is 13.7. The third kappa shape index (κ3) is 6.71. The van der Waals surface area contributed by atoms with Crippen LogP contribution in [0.25, 0.3) is 0 Å². The van der Waals surface area contributed by atoms with Gasteiger partial charge in [0.1, 0.15) is 0 Å². The van der Waals surface area contributed by atoms with Gasteiger partial charge in [0, 0.05) is 6.04 Å². The lowest BCUT2D eigenvalue weighted by molar-refractivity contribution is -0.122. The fourth-order valence-electron chi connectivity index (χ4n) is 1.13. The van der Waals surface area contributed by atoms with E-state index in [4.69, 9.17) is 0 Å². The van der Waals surface area contributed by atoms with Crippen LogP contribution in [0.1, 0.15) is 27.7 Å². The molecule has 1 atom stereocenters. The van der Waals surface area contributed by atoms with E-state index in [1.165, 1.54) is 0 Å². The highest BCUT2D eigenvalue weighted by Crippen LogP contribution is 2.05. The summed E-state index contributed by atoms with van der Waals surface area (Å²) in [5, 5.41) is 5.18. The molecular weight excluding hydrogens is 192 g/mol. The smallest absolute Gasteiger partial charge is 0.239 e. The van der Waals surface area contributed by atoms with Crippen LogP contribution in [-0.2, 0) is 9.59 Å². The molecule has 0 fully saturated rings. The van der Waals surface area contributed by atoms with E-state index in [1.807, 2.05) is 33.8 Å². The van der Waals surface area contributed by atoms with E-state index >= 15 is 0 Å². The summed E-state index contributed by atoms with van der Waals surface area (Å²) in [5.74, 6) is 0.165. The van der Waals surface area contributed by atoms with E-state index in [0.717, 1.165) is 5.57 Å². The molecule has 0 spiro atoms. The Labute approximate surface area is 91.1 Å². The van der Waals surface area contributed by atoms with Crippen LogP contribution in [0.4, 0.5) is 0 Å². The van der Waals surface area contributed by atoms with Crippen molar-refractivity contribution in [2.45, 2.75) is 33.7 Å². The molecule has 15 heavy (non-hydrogen) atoms. The molecule has 0 radical (unpaired) electrons. The van der Waals surface area contributed by atoms with Gasteiger partial charge in [-0.2, -0.15) is 0 Å². The number of carbonyl (C=O) groups is 2. The Morgan fingerprint density at radius 2 is 1.93 bits per heavy atom. The van der Waals surface area contributed by atoms with Gasteiger partial charge in [0.2, 0.25) is 12.3 Å². The fraction of sp³-hybridized carbons (Fsp3) is 0.636. The van der Waals surface area contributed by atoms with Gasteiger partial charge < -0.3 is 10.6 Å². The van der Waals surface area contributed by atoms with Gasteiger partial charge in [-0.05, 0) is 19.8 Å². The number of rotatable bonds is 6. The maximum atomic E-state index is 11.3. The minimum atomic E-state index is -0.168. The first-order valence-electron chi connectivity index (χ1n) is 5.08. The molecule has 0 aromatic heterocycles. The Kier molecular flexibility index (Phi) is 6.42. The number of hydrogen-bond acceptors (Lipinski definition) is 2. The standard InChI is InChI=1S/C11H20N2O2/c1-8(2)5-10(9(3)4)13-11(15)6-12-7-14/h5,7,9-10H,6H2,1-4H3,(H,12,14)(H,13,15). The lowest BCUT2D eigenvalue weighted by atomic mass is 10.0. The van der Waals surface area contributed by atoms with Crippen molar-refractivity contribution in [1.29, 1.82) is 0 Å². The summed E-state index contributed by atoms with van der Waals surface area (Å²) in [6.45, 7) is 8.09. The van der Waals surface area contributed by atoms with Gasteiger partial charge in [0.25, 0.3) is 0 Å². The van der Waals surface area contributed by atoms with Gasteiger partial charge in [-0.3, -0.25) is 9.59 Å². The van der Waals surface area contributed by atoms with Crippen molar-refractivity contribution in [3.05, 3.63) is 11.6 Å².